The van der Waals surface area contributed by atoms with Crippen LogP contribution in [0.25, 0.3) is 6.08 Å². The summed E-state index contributed by atoms with van der Waals surface area (Å²) in [6.45, 7) is 6.65. The summed E-state index contributed by atoms with van der Waals surface area (Å²) >= 11 is 0. The predicted octanol–water partition coefficient (Wildman–Crippen LogP) is 1.85. The molecule has 0 radical (unpaired) electrons. The van der Waals surface area contributed by atoms with Crippen molar-refractivity contribution in [2.45, 2.75) is 39.0 Å². The third-order valence-corrected chi connectivity index (χ3v) is 4.16. The van der Waals surface area contributed by atoms with Gasteiger partial charge >= 0.3 is 0 Å². The van der Waals surface area contributed by atoms with Crippen LogP contribution >= 0.6 is 0 Å². The fraction of sp³-hybridized carbons (Fsp3) is 0.474. The number of nitrogens with zero attached hydrogens (tertiary/aromatic N) is 1. The van der Waals surface area contributed by atoms with Gasteiger partial charge in [0.1, 0.15) is 11.8 Å². The smallest absolute Gasteiger partial charge is 0.245 e. The van der Waals surface area contributed by atoms with Crippen molar-refractivity contribution in [2.24, 2.45) is 0 Å². The average Bonchev–Trinajstić information content (AvgIpc) is 2.61. The lowest BCUT2D eigenvalue weighted by molar-refractivity contribution is -0.146. The van der Waals surface area contributed by atoms with E-state index < -0.39 is 6.04 Å². The summed E-state index contributed by atoms with van der Waals surface area (Å²) in [6.07, 6.45) is 3.14. The number of ether oxygens (including phenoxy) is 2. The number of carbonyl (C=O) groups excluding carboxylic acids is 2. The Bertz CT molecular complexity index is 627. The maximum atomic E-state index is 12.6. The number of benzene rings is 1. The molecule has 1 aromatic carbocycles. The molecule has 1 saturated heterocycles. The molecule has 6 heteroatoms. The van der Waals surface area contributed by atoms with Gasteiger partial charge in [-0.3, -0.25) is 9.59 Å². The Labute approximate surface area is 148 Å². The second kappa shape index (κ2) is 8.67. The van der Waals surface area contributed by atoms with Gasteiger partial charge < -0.3 is 19.7 Å². The molecular formula is C19H26N2O4. The van der Waals surface area contributed by atoms with Crippen LogP contribution in [0.1, 0.15) is 26.3 Å². The number of rotatable bonds is 5. The fourth-order valence-corrected chi connectivity index (χ4v) is 2.67. The van der Waals surface area contributed by atoms with E-state index in [2.05, 4.69) is 5.32 Å². The van der Waals surface area contributed by atoms with Crippen LogP contribution in [0.15, 0.2) is 30.3 Å². The molecule has 1 aromatic rings. The summed E-state index contributed by atoms with van der Waals surface area (Å²) in [7, 11) is 1.60. The molecule has 2 rings (SSSR count). The minimum Gasteiger partial charge on any atom is -0.497 e. The molecule has 1 fully saturated rings. The molecule has 0 aliphatic carbocycles. The van der Waals surface area contributed by atoms with E-state index in [1.165, 1.54) is 6.08 Å². The maximum Gasteiger partial charge on any atom is 0.245 e. The lowest BCUT2D eigenvalue weighted by atomic mass is 10.1. The number of methoxy groups -OCH3 is 1. The molecule has 3 atom stereocenters. The van der Waals surface area contributed by atoms with Gasteiger partial charge in [-0.05, 0) is 44.5 Å². The Morgan fingerprint density at radius 3 is 2.64 bits per heavy atom. The van der Waals surface area contributed by atoms with Gasteiger partial charge in [-0.2, -0.15) is 0 Å². The first-order valence-corrected chi connectivity index (χ1v) is 8.45. The van der Waals surface area contributed by atoms with E-state index >= 15 is 0 Å². The highest BCUT2D eigenvalue weighted by Crippen LogP contribution is 2.13. The van der Waals surface area contributed by atoms with Crippen LogP contribution in [-0.2, 0) is 14.3 Å². The van der Waals surface area contributed by atoms with Crippen LogP contribution in [0.2, 0.25) is 0 Å². The Morgan fingerprint density at radius 1 is 1.32 bits per heavy atom. The highest BCUT2D eigenvalue weighted by atomic mass is 16.5. The largest absolute Gasteiger partial charge is 0.497 e. The van der Waals surface area contributed by atoms with Crippen LogP contribution in [0, 0.1) is 0 Å². The zero-order valence-electron chi connectivity index (χ0n) is 15.2. The number of amides is 2. The first kappa shape index (κ1) is 19.0. The molecular weight excluding hydrogens is 320 g/mol. The van der Waals surface area contributed by atoms with Crippen molar-refractivity contribution < 1.29 is 19.1 Å². The van der Waals surface area contributed by atoms with E-state index in [4.69, 9.17) is 9.47 Å². The van der Waals surface area contributed by atoms with E-state index in [0.717, 1.165) is 11.3 Å². The minimum atomic E-state index is -0.583. The van der Waals surface area contributed by atoms with E-state index in [-0.39, 0.29) is 24.0 Å². The molecule has 1 N–H and O–H groups in total. The summed E-state index contributed by atoms with van der Waals surface area (Å²) in [5.41, 5.74) is 0.880. The van der Waals surface area contributed by atoms with Gasteiger partial charge in [0, 0.05) is 12.6 Å². The zero-order chi connectivity index (χ0) is 18.4. The molecule has 3 unspecified atom stereocenters. The molecule has 1 heterocycles. The van der Waals surface area contributed by atoms with Gasteiger partial charge in [-0.25, -0.2) is 0 Å². The summed E-state index contributed by atoms with van der Waals surface area (Å²) in [5, 5.41) is 2.72. The highest BCUT2D eigenvalue weighted by molar-refractivity contribution is 5.95. The summed E-state index contributed by atoms with van der Waals surface area (Å²) in [4.78, 5) is 26.4. The van der Waals surface area contributed by atoms with Crippen molar-refractivity contribution in [3.8, 4) is 5.75 Å². The lowest BCUT2D eigenvalue weighted by Crippen LogP contribution is -2.55. The quantitative estimate of drug-likeness (QED) is 0.826. The molecule has 136 valence electrons. The Balaban J connectivity index is 1.90. The van der Waals surface area contributed by atoms with Crippen LogP contribution in [0.5, 0.6) is 5.75 Å². The first-order chi connectivity index (χ1) is 11.9. The number of hydrogen-bond donors (Lipinski definition) is 1. The Hall–Kier alpha value is -2.34. The SMILES string of the molecule is COc1ccc(/C=C/C(=O)NC(C)C(=O)N2CC(C)OCC2C)cc1. The van der Waals surface area contributed by atoms with Crippen molar-refractivity contribution in [2.75, 3.05) is 20.3 Å². The van der Waals surface area contributed by atoms with Crippen molar-refractivity contribution in [3.63, 3.8) is 0 Å². The highest BCUT2D eigenvalue weighted by Gasteiger charge is 2.30. The van der Waals surface area contributed by atoms with E-state index in [1.54, 1.807) is 25.0 Å². The number of morpholine rings is 1. The third kappa shape index (κ3) is 5.32. The third-order valence-electron chi connectivity index (χ3n) is 4.16. The van der Waals surface area contributed by atoms with E-state index in [1.807, 2.05) is 38.1 Å². The molecule has 0 aromatic heterocycles. The summed E-state index contributed by atoms with van der Waals surface area (Å²) in [5.74, 6) is 0.370. The van der Waals surface area contributed by atoms with Crippen molar-refractivity contribution >= 4 is 17.9 Å². The molecule has 1 aliphatic heterocycles. The second-order valence-corrected chi connectivity index (χ2v) is 6.32. The van der Waals surface area contributed by atoms with Crippen LogP contribution < -0.4 is 10.1 Å². The number of nitrogens with one attached hydrogen (secondary N) is 1. The Kier molecular flexibility index (Phi) is 6.58. The zero-order valence-corrected chi connectivity index (χ0v) is 15.2. The maximum absolute atomic E-state index is 12.6. The lowest BCUT2D eigenvalue weighted by Gasteiger charge is -2.38. The monoisotopic (exact) mass is 346 g/mol. The number of carbonyl (C=O) groups is 2. The molecule has 2 amide bonds. The predicted molar refractivity (Wildman–Crippen MR) is 96.2 cm³/mol. The second-order valence-electron chi connectivity index (χ2n) is 6.32. The molecule has 6 nitrogen and oxygen atoms in total. The van der Waals surface area contributed by atoms with Crippen molar-refractivity contribution in [1.29, 1.82) is 0 Å². The Morgan fingerprint density at radius 2 is 2.00 bits per heavy atom. The van der Waals surface area contributed by atoms with Crippen LogP contribution in [0.3, 0.4) is 0 Å². The summed E-state index contributed by atoms with van der Waals surface area (Å²) in [6, 6.07) is 6.79. The molecule has 1 aliphatic rings. The van der Waals surface area contributed by atoms with Gasteiger partial charge in [0.25, 0.3) is 0 Å². The molecule has 25 heavy (non-hydrogen) atoms. The van der Waals surface area contributed by atoms with Crippen LogP contribution in [-0.4, -0.2) is 55.2 Å². The topological polar surface area (TPSA) is 67.9 Å². The summed E-state index contributed by atoms with van der Waals surface area (Å²) < 4.78 is 10.6. The standard InChI is InChI=1S/C19H26N2O4/c1-13-12-25-14(2)11-21(13)19(23)15(3)20-18(22)10-7-16-5-8-17(24-4)9-6-16/h5-10,13-15H,11-12H2,1-4H3,(H,20,22)/b10-7+. The number of hydrogen-bond acceptors (Lipinski definition) is 4. The van der Waals surface area contributed by atoms with Gasteiger partial charge in [0.05, 0.1) is 25.9 Å². The van der Waals surface area contributed by atoms with E-state index in [9.17, 15) is 9.59 Å². The van der Waals surface area contributed by atoms with Gasteiger partial charge in [0.15, 0.2) is 0 Å². The van der Waals surface area contributed by atoms with E-state index in [0.29, 0.717) is 13.2 Å². The van der Waals surface area contributed by atoms with Crippen molar-refractivity contribution in [1.82, 2.24) is 10.2 Å². The fourth-order valence-electron chi connectivity index (χ4n) is 2.67. The normalized spacial score (nSPS) is 21.8. The van der Waals surface area contributed by atoms with Crippen LogP contribution in [0.4, 0.5) is 0 Å². The van der Waals surface area contributed by atoms with Gasteiger partial charge in [0.2, 0.25) is 11.8 Å². The average molecular weight is 346 g/mol. The van der Waals surface area contributed by atoms with Gasteiger partial charge in [-0.15, -0.1) is 0 Å². The molecule has 0 saturated carbocycles. The molecule has 0 spiro atoms. The minimum absolute atomic E-state index is 0.0119. The molecule has 0 bridgehead atoms. The first-order valence-electron chi connectivity index (χ1n) is 8.45. The van der Waals surface area contributed by atoms with Crippen molar-refractivity contribution in [3.05, 3.63) is 35.9 Å². The van der Waals surface area contributed by atoms with Gasteiger partial charge in [-0.1, -0.05) is 12.1 Å².